The Kier molecular flexibility index (Phi) is 5.40. The molecule has 0 spiro atoms. The molecule has 0 amide bonds. The van der Waals surface area contributed by atoms with Crippen molar-refractivity contribution < 1.29 is 37.3 Å². The molecule has 17 heavy (non-hydrogen) atoms. The van der Waals surface area contributed by atoms with E-state index in [-0.39, 0.29) is 0 Å². The molecule has 0 radical (unpaired) electrons. The average Bonchev–Trinajstić information content (AvgIpc) is 2.21. The predicted octanol–water partition coefficient (Wildman–Crippen LogP) is 1.22. The van der Waals surface area contributed by atoms with E-state index in [1.807, 2.05) is 0 Å². The summed E-state index contributed by atoms with van der Waals surface area (Å²) in [7, 11) is 1.00. The third-order valence-electron chi connectivity index (χ3n) is 2.12. The first-order valence-electron chi connectivity index (χ1n) is 4.60. The summed E-state index contributed by atoms with van der Waals surface area (Å²) in [6.45, 7) is -0.917. The van der Waals surface area contributed by atoms with E-state index in [2.05, 4.69) is 9.47 Å². The lowest BCUT2D eigenvalue weighted by atomic mass is 9.87. The smallest absolute Gasteiger partial charge is 0.411 e. The van der Waals surface area contributed by atoms with E-state index >= 15 is 0 Å². The van der Waals surface area contributed by atoms with Crippen LogP contribution >= 0.6 is 0 Å². The molecule has 0 aliphatic carbocycles. The molecule has 0 saturated carbocycles. The molecule has 0 aliphatic rings. The zero-order valence-electron chi connectivity index (χ0n) is 9.34. The Balaban J connectivity index is 4.30. The quantitative estimate of drug-likeness (QED) is 0.440. The van der Waals surface area contributed by atoms with Crippen LogP contribution < -0.4 is 0 Å². The van der Waals surface area contributed by atoms with Gasteiger partial charge in [0.25, 0.3) is 0 Å². The Morgan fingerprint density at radius 3 is 2.18 bits per heavy atom. The summed E-state index contributed by atoms with van der Waals surface area (Å²) < 4.78 is 43.7. The topological polar surface area (TPSA) is 72.8 Å². The summed E-state index contributed by atoms with van der Waals surface area (Å²) in [4.78, 5) is 22.0. The van der Waals surface area contributed by atoms with E-state index in [1.165, 1.54) is 0 Å². The lowest BCUT2D eigenvalue weighted by Crippen LogP contribution is -2.38. The van der Waals surface area contributed by atoms with Crippen LogP contribution in [0.3, 0.4) is 0 Å². The van der Waals surface area contributed by atoms with Crippen LogP contribution in [0.25, 0.3) is 0 Å². The monoisotopic (exact) mass is 258 g/mol. The summed E-state index contributed by atoms with van der Waals surface area (Å²) in [5.41, 5.74) is -1.90. The van der Waals surface area contributed by atoms with Crippen molar-refractivity contribution in [1.29, 1.82) is 0 Å². The van der Waals surface area contributed by atoms with Gasteiger partial charge < -0.3 is 14.6 Å². The molecule has 1 N–H and O–H groups in total. The first-order chi connectivity index (χ1) is 7.63. The van der Waals surface area contributed by atoms with Gasteiger partial charge in [-0.2, -0.15) is 13.2 Å². The number of esters is 1. The maximum atomic E-state index is 11.7. The summed E-state index contributed by atoms with van der Waals surface area (Å²) >= 11 is 0. The molecule has 0 aromatic rings. The fourth-order valence-electron chi connectivity index (χ4n) is 0.986. The maximum Gasteiger partial charge on any atom is 0.411 e. The number of ether oxygens (including phenoxy) is 2. The van der Waals surface area contributed by atoms with Crippen molar-refractivity contribution in [2.24, 2.45) is 5.41 Å². The Bertz CT molecular complexity index is 289. The van der Waals surface area contributed by atoms with E-state index in [4.69, 9.17) is 5.11 Å². The highest BCUT2D eigenvalue weighted by atomic mass is 19.4. The van der Waals surface area contributed by atoms with Crippen molar-refractivity contribution in [1.82, 2.24) is 0 Å². The molecule has 1 atom stereocenters. The molecule has 0 aromatic heterocycles. The minimum atomic E-state index is -4.48. The van der Waals surface area contributed by atoms with Crippen molar-refractivity contribution in [2.75, 3.05) is 20.3 Å². The van der Waals surface area contributed by atoms with Gasteiger partial charge in [-0.25, -0.2) is 0 Å². The molecule has 8 heteroatoms. The Morgan fingerprint density at radius 1 is 1.29 bits per heavy atom. The van der Waals surface area contributed by atoms with Crippen LogP contribution in [0.2, 0.25) is 0 Å². The molecule has 0 rings (SSSR count). The minimum Gasteiger partial charge on any atom is -0.480 e. The number of alkyl halides is 3. The fourth-order valence-corrected chi connectivity index (χ4v) is 0.986. The zero-order valence-corrected chi connectivity index (χ0v) is 9.34. The highest BCUT2D eigenvalue weighted by Gasteiger charge is 2.42. The standard InChI is InChI=1S/C9H13F3O5/c1-8(6(13)14,7(15)16-2)3-4-17-5-9(10,11)12/h3-5H2,1-2H3,(H,13,14). The van der Waals surface area contributed by atoms with Crippen LogP contribution in [0.5, 0.6) is 0 Å². The summed E-state index contributed by atoms with van der Waals surface area (Å²) in [6.07, 6.45) is -4.88. The molecule has 0 aromatic carbocycles. The highest BCUT2D eigenvalue weighted by Crippen LogP contribution is 2.24. The van der Waals surface area contributed by atoms with Gasteiger partial charge in [-0.3, -0.25) is 9.59 Å². The fraction of sp³-hybridized carbons (Fsp3) is 0.778. The normalized spacial score (nSPS) is 15.1. The van der Waals surface area contributed by atoms with Gasteiger partial charge in [0, 0.05) is 6.61 Å². The van der Waals surface area contributed by atoms with Crippen molar-refractivity contribution in [2.45, 2.75) is 19.5 Å². The zero-order chi connectivity index (χ0) is 13.7. The van der Waals surface area contributed by atoms with E-state index in [0.29, 0.717) is 0 Å². The molecule has 5 nitrogen and oxygen atoms in total. The van der Waals surface area contributed by atoms with Gasteiger partial charge >= 0.3 is 18.1 Å². The first-order valence-corrected chi connectivity index (χ1v) is 4.60. The minimum absolute atomic E-state index is 0.398. The third-order valence-corrected chi connectivity index (χ3v) is 2.12. The molecular weight excluding hydrogens is 245 g/mol. The van der Waals surface area contributed by atoms with Gasteiger partial charge in [-0.1, -0.05) is 0 Å². The SMILES string of the molecule is COC(=O)C(C)(CCOCC(F)(F)F)C(=O)O. The highest BCUT2D eigenvalue weighted by molar-refractivity contribution is 5.98. The van der Waals surface area contributed by atoms with Crippen LogP contribution in [0.15, 0.2) is 0 Å². The molecule has 0 aliphatic heterocycles. The largest absolute Gasteiger partial charge is 0.480 e. The molecule has 1 unspecified atom stereocenters. The van der Waals surface area contributed by atoms with E-state index in [0.717, 1.165) is 14.0 Å². The number of carboxylic acid groups (broad SMARTS) is 1. The Hall–Kier alpha value is -1.31. The molecule has 0 heterocycles. The number of carbonyl (C=O) groups is 2. The Labute approximate surface area is 95.5 Å². The molecule has 0 saturated heterocycles. The number of halogens is 3. The van der Waals surface area contributed by atoms with Crippen LogP contribution in [-0.4, -0.2) is 43.5 Å². The lowest BCUT2D eigenvalue weighted by Gasteiger charge is -2.21. The Morgan fingerprint density at radius 2 is 1.82 bits per heavy atom. The van der Waals surface area contributed by atoms with Gasteiger partial charge in [0.2, 0.25) is 0 Å². The molecule has 0 bridgehead atoms. The van der Waals surface area contributed by atoms with E-state index < -0.39 is 43.2 Å². The predicted molar refractivity (Wildman–Crippen MR) is 49.2 cm³/mol. The molecule has 0 fully saturated rings. The van der Waals surface area contributed by atoms with Gasteiger partial charge in [0.15, 0.2) is 5.41 Å². The second kappa shape index (κ2) is 5.85. The van der Waals surface area contributed by atoms with Crippen LogP contribution in [0, 0.1) is 5.41 Å². The summed E-state index contributed by atoms with van der Waals surface area (Å²) in [5.74, 6) is -2.50. The average molecular weight is 258 g/mol. The summed E-state index contributed by atoms with van der Waals surface area (Å²) in [5, 5.41) is 8.81. The van der Waals surface area contributed by atoms with Gasteiger partial charge in [0.05, 0.1) is 7.11 Å². The molecular formula is C9H13F3O5. The van der Waals surface area contributed by atoms with Crippen LogP contribution in [-0.2, 0) is 19.1 Å². The second-order valence-corrected chi connectivity index (χ2v) is 3.55. The van der Waals surface area contributed by atoms with Gasteiger partial charge in [-0.15, -0.1) is 0 Å². The van der Waals surface area contributed by atoms with Gasteiger partial charge in [0.1, 0.15) is 6.61 Å². The lowest BCUT2D eigenvalue weighted by molar-refractivity contribution is -0.179. The van der Waals surface area contributed by atoms with E-state index in [1.54, 1.807) is 0 Å². The van der Waals surface area contributed by atoms with Crippen molar-refractivity contribution in [3.63, 3.8) is 0 Å². The number of carbonyl (C=O) groups excluding carboxylic acids is 1. The number of carboxylic acids is 1. The van der Waals surface area contributed by atoms with Gasteiger partial charge in [-0.05, 0) is 13.3 Å². The van der Waals surface area contributed by atoms with Crippen molar-refractivity contribution >= 4 is 11.9 Å². The van der Waals surface area contributed by atoms with E-state index in [9.17, 15) is 22.8 Å². The number of rotatable bonds is 6. The number of methoxy groups -OCH3 is 1. The molecule has 100 valence electrons. The van der Waals surface area contributed by atoms with Crippen molar-refractivity contribution in [3.05, 3.63) is 0 Å². The van der Waals surface area contributed by atoms with Crippen LogP contribution in [0.4, 0.5) is 13.2 Å². The van der Waals surface area contributed by atoms with Crippen molar-refractivity contribution in [3.8, 4) is 0 Å². The second-order valence-electron chi connectivity index (χ2n) is 3.55. The summed E-state index contributed by atoms with van der Waals surface area (Å²) in [6, 6.07) is 0. The number of hydrogen-bond donors (Lipinski definition) is 1. The maximum absolute atomic E-state index is 11.7. The van der Waals surface area contributed by atoms with Crippen LogP contribution in [0.1, 0.15) is 13.3 Å². The first kappa shape index (κ1) is 15.7. The third kappa shape index (κ3) is 5.03. The number of hydrogen-bond acceptors (Lipinski definition) is 4. The number of aliphatic carboxylic acids is 1.